The fraction of sp³-hybridized carbons (Fsp3) is 0.0714. The minimum absolute atomic E-state index is 0.0421. The van der Waals surface area contributed by atoms with Crippen molar-refractivity contribution in [2.24, 2.45) is 0 Å². The van der Waals surface area contributed by atoms with E-state index in [1.807, 2.05) is 0 Å². The van der Waals surface area contributed by atoms with Crippen LogP contribution in [0.3, 0.4) is 0 Å². The van der Waals surface area contributed by atoms with E-state index in [9.17, 15) is 17.6 Å². The van der Waals surface area contributed by atoms with Crippen LogP contribution in [0.1, 0.15) is 0 Å². The zero-order valence-electron chi connectivity index (χ0n) is 11.2. The minimum atomic E-state index is -3.79. The maximum Gasteiger partial charge on any atom is 0.241 e. The van der Waals surface area contributed by atoms with E-state index in [-0.39, 0.29) is 10.6 Å². The summed E-state index contributed by atoms with van der Waals surface area (Å²) >= 11 is 3.18. The highest BCUT2D eigenvalue weighted by Crippen LogP contribution is 2.15. The molecule has 0 saturated carbocycles. The second-order valence-corrected chi connectivity index (χ2v) is 7.02. The molecule has 0 spiro atoms. The molecule has 2 rings (SSSR count). The highest BCUT2D eigenvalue weighted by atomic mass is 79.9. The molecule has 0 radical (unpaired) electrons. The maximum atomic E-state index is 13.0. The highest BCUT2D eigenvalue weighted by molar-refractivity contribution is 9.10. The zero-order valence-corrected chi connectivity index (χ0v) is 13.6. The molecule has 0 aromatic heterocycles. The van der Waals surface area contributed by atoms with Crippen molar-refractivity contribution in [3.8, 4) is 0 Å². The van der Waals surface area contributed by atoms with Crippen LogP contribution in [0, 0.1) is 5.82 Å². The molecule has 0 aliphatic heterocycles. The topological polar surface area (TPSA) is 75.3 Å². The molecule has 0 unspecified atom stereocenters. The fourth-order valence-corrected chi connectivity index (χ4v) is 3.23. The Bertz CT molecular complexity index is 796. The van der Waals surface area contributed by atoms with E-state index >= 15 is 0 Å². The van der Waals surface area contributed by atoms with Crippen molar-refractivity contribution in [3.63, 3.8) is 0 Å². The fourth-order valence-electron chi connectivity index (χ4n) is 1.65. The van der Waals surface area contributed by atoms with Crippen LogP contribution in [0.5, 0.6) is 0 Å². The van der Waals surface area contributed by atoms with E-state index < -0.39 is 28.3 Å². The SMILES string of the molecule is O=C(CNS(=O)(=O)c1cccc(Br)c1)Nc1cccc(F)c1. The lowest BCUT2D eigenvalue weighted by Crippen LogP contribution is -2.32. The number of hydrogen-bond donors (Lipinski definition) is 2. The van der Waals surface area contributed by atoms with Gasteiger partial charge in [-0.1, -0.05) is 28.1 Å². The van der Waals surface area contributed by atoms with E-state index in [4.69, 9.17) is 0 Å². The van der Waals surface area contributed by atoms with Crippen molar-refractivity contribution in [3.05, 3.63) is 58.8 Å². The van der Waals surface area contributed by atoms with Gasteiger partial charge in [-0.25, -0.2) is 17.5 Å². The molecule has 116 valence electrons. The standard InChI is InChI=1S/C14H12BrFN2O3S/c15-10-3-1-6-13(7-10)22(20,21)17-9-14(19)18-12-5-2-4-11(16)8-12/h1-8,17H,9H2,(H,18,19). The first-order chi connectivity index (χ1) is 10.4. The van der Waals surface area contributed by atoms with Crippen molar-refractivity contribution in [2.45, 2.75) is 4.90 Å². The molecule has 2 N–H and O–H groups in total. The van der Waals surface area contributed by atoms with Gasteiger partial charge in [0, 0.05) is 10.2 Å². The predicted octanol–water partition coefficient (Wildman–Crippen LogP) is 2.51. The third-order valence-electron chi connectivity index (χ3n) is 2.64. The van der Waals surface area contributed by atoms with Gasteiger partial charge in [-0.15, -0.1) is 0 Å². The number of anilines is 1. The van der Waals surface area contributed by atoms with Crippen molar-refractivity contribution in [1.82, 2.24) is 4.72 Å². The number of carbonyl (C=O) groups excluding carboxylic acids is 1. The summed E-state index contributed by atoms with van der Waals surface area (Å²) in [6.07, 6.45) is 0. The first-order valence-electron chi connectivity index (χ1n) is 6.17. The summed E-state index contributed by atoms with van der Waals surface area (Å²) in [5.74, 6) is -1.09. The van der Waals surface area contributed by atoms with E-state index in [1.54, 1.807) is 12.1 Å². The molecule has 1 amide bonds. The Morgan fingerprint density at radius 3 is 2.55 bits per heavy atom. The van der Waals surface area contributed by atoms with Gasteiger partial charge in [-0.2, -0.15) is 0 Å². The van der Waals surface area contributed by atoms with Crippen molar-refractivity contribution < 1.29 is 17.6 Å². The van der Waals surface area contributed by atoms with Crippen LogP contribution >= 0.6 is 15.9 Å². The smallest absolute Gasteiger partial charge is 0.241 e. The molecule has 0 saturated heterocycles. The first-order valence-corrected chi connectivity index (χ1v) is 8.45. The quantitative estimate of drug-likeness (QED) is 0.828. The lowest BCUT2D eigenvalue weighted by atomic mass is 10.3. The predicted molar refractivity (Wildman–Crippen MR) is 84.4 cm³/mol. The van der Waals surface area contributed by atoms with E-state index in [0.29, 0.717) is 4.47 Å². The average molecular weight is 387 g/mol. The lowest BCUT2D eigenvalue weighted by molar-refractivity contribution is -0.115. The van der Waals surface area contributed by atoms with Crippen LogP contribution in [0.2, 0.25) is 0 Å². The molecule has 0 heterocycles. The Kier molecular flexibility index (Phi) is 5.28. The Hall–Kier alpha value is -1.77. The molecule has 5 nitrogen and oxygen atoms in total. The van der Waals surface area contributed by atoms with Crippen LogP contribution in [-0.4, -0.2) is 20.9 Å². The third kappa shape index (κ3) is 4.62. The summed E-state index contributed by atoms with van der Waals surface area (Å²) in [4.78, 5) is 11.7. The number of hydrogen-bond acceptors (Lipinski definition) is 3. The molecule has 22 heavy (non-hydrogen) atoms. The monoisotopic (exact) mass is 386 g/mol. The molecule has 0 bridgehead atoms. The van der Waals surface area contributed by atoms with E-state index in [2.05, 4.69) is 26.0 Å². The Morgan fingerprint density at radius 2 is 1.86 bits per heavy atom. The van der Waals surface area contributed by atoms with Crippen molar-refractivity contribution >= 4 is 37.5 Å². The largest absolute Gasteiger partial charge is 0.325 e. The van der Waals surface area contributed by atoms with Gasteiger partial charge in [0.2, 0.25) is 15.9 Å². The summed E-state index contributed by atoms with van der Waals surface area (Å²) in [5.41, 5.74) is 0.256. The van der Waals surface area contributed by atoms with Gasteiger partial charge in [0.25, 0.3) is 0 Å². The molecular weight excluding hydrogens is 375 g/mol. The Morgan fingerprint density at radius 1 is 1.14 bits per heavy atom. The molecular formula is C14H12BrFN2O3S. The van der Waals surface area contributed by atoms with Gasteiger partial charge >= 0.3 is 0 Å². The number of benzene rings is 2. The minimum Gasteiger partial charge on any atom is -0.325 e. The van der Waals surface area contributed by atoms with Gasteiger partial charge in [-0.3, -0.25) is 4.79 Å². The van der Waals surface area contributed by atoms with Crippen LogP contribution in [-0.2, 0) is 14.8 Å². The highest BCUT2D eigenvalue weighted by Gasteiger charge is 2.15. The summed E-state index contributed by atoms with van der Waals surface area (Å²) in [6, 6.07) is 11.4. The normalized spacial score (nSPS) is 11.2. The Labute approximate surface area is 135 Å². The average Bonchev–Trinajstić information content (AvgIpc) is 2.45. The molecule has 0 aliphatic rings. The van der Waals surface area contributed by atoms with Gasteiger partial charge < -0.3 is 5.32 Å². The molecule has 0 atom stereocenters. The van der Waals surface area contributed by atoms with Crippen LogP contribution in [0.25, 0.3) is 0 Å². The number of sulfonamides is 1. The van der Waals surface area contributed by atoms with Crippen LogP contribution in [0.15, 0.2) is 57.9 Å². The molecule has 8 heteroatoms. The number of amides is 1. The lowest BCUT2D eigenvalue weighted by Gasteiger charge is -2.08. The van der Waals surface area contributed by atoms with Gasteiger partial charge in [-0.05, 0) is 36.4 Å². The number of rotatable bonds is 5. The number of halogens is 2. The summed E-state index contributed by atoms with van der Waals surface area (Å²) in [6.45, 7) is -0.453. The summed E-state index contributed by atoms with van der Waals surface area (Å²) < 4.78 is 39.8. The van der Waals surface area contributed by atoms with Crippen LogP contribution in [0.4, 0.5) is 10.1 Å². The maximum absolute atomic E-state index is 13.0. The van der Waals surface area contributed by atoms with Gasteiger partial charge in [0.05, 0.1) is 11.4 Å². The second-order valence-electron chi connectivity index (χ2n) is 4.34. The molecule has 2 aromatic carbocycles. The first kappa shape index (κ1) is 16.6. The van der Waals surface area contributed by atoms with Crippen molar-refractivity contribution in [2.75, 3.05) is 11.9 Å². The molecule has 2 aromatic rings. The molecule has 0 aliphatic carbocycles. The van der Waals surface area contributed by atoms with E-state index in [0.717, 1.165) is 6.07 Å². The van der Waals surface area contributed by atoms with Crippen molar-refractivity contribution in [1.29, 1.82) is 0 Å². The summed E-state index contributed by atoms with van der Waals surface area (Å²) in [7, 11) is -3.79. The second kappa shape index (κ2) is 6.99. The number of carbonyl (C=O) groups is 1. The molecule has 0 fully saturated rings. The summed E-state index contributed by atoms with van der Waals surface area (Å²) in [5, 5.41) is 2.40. The van der Waals surface area contributed by atoms with E-state index in [1.165, 1.54) is 30.3 Å². The third-order valence-corrected chi connectivity index (χ3v) is 4.53. The number of nitrogens with one attached hydrogen (secondary N) is 2. The Balaban J connectivity index is 1.98. The van der Waals surface area contributed by atoms with Crippen LogP contribution < -0.4 is 10.0 Å². The van der Waals surface area contributed by atoms with Gasteiger partial charge in [0.15, 0.2) is 0 Å². The van der Waals surface area contributed by atoms with Gasteiger partial charge in [0.1, 0.15) is 5.82 Å². The zero-order chi connectivity index (χ0) is 16.2.